The molecule has 0 spiro atoms. The molecule has 8 heteroatoms. The molecule has 0 atom stereocenters. The normalized spacial score (nSPS) is 17.5. The topological polar surface area (TPSA) is 81.9 Å². The molecular weight excluding hydrogens is 311 g/mol. The number of rotatable bonds is 5. The van der Waals surface area contributed by atoms with Gasteiger partial charge in [-0.15, -0.1) is 0 Å². The summed E-state index contributed by atoms with van der Waals surface area (Å²) in [6.07, 6.45) is 1.37. The van der Waals surface area contributed by atoms with E-state index in [1.807, 2.05) is 0 Å². The number of hydrogen-bond acceptors (Lipinski definition) is 5. The third kappa shape index (κ3) is 3.18. The number of methoxy groups -OCH3 is 2. The number of halogens is 1. The smallest absolute Gasteiger partial charge is 0.246 e. The molecule has 1 fully saturated rings. The molecule has 1 heterocycles. The zero-order valence-corrected chi connectivity index (χ0v) is 13.5. The van der Waals surface area contributed by atoms with E-state index in [9.17, 15) is 12.8 Å². The van der Waals surface area contributed by atoms with E-state index in [2.05, 4.69) is 0 Å². The van der Waals surface area contributed by atoms with Crippen LogP contribution in [0.25, 0.3) is 0 Å². The van der Waals surface area contributed by atoms with E-state index in [0.29, 0.717) is 38.4 Å². The van der Waals surface area contributed by atoms with E-state index >= 15 is 0 Å². The molecule has 0 saturated carbocycles. The van der Waals surface area contributed by atoms with Crippen molar-refractivity contribution in [1.82, 2.24) is 4.31 Å². The summed E-state index contributed by atoms with van der Waals surface area (Å²) in [6.45, 7) is 1.23. The fraction of sp³-hybridized carbons (Fsp3) is 0.571. The van der Waals surface area contributed by atoms with Crippen LogP contribution in [0.1, 0.15) is 12.8 Å². The second-order valence-corrected chi connectivity index (χ2v) is 7.13. The first kappa shape index (κ1) is 17.0. The summed E-state index contributed by atoms with van der Waals surface area (Å²) in [5, 5.41) is 0. The quantitative estimate of drug-likeness (QED) is 0.876. The van der Waals surface area contributed by atoms with Crippen LogP contribution in [-0.4, -0.2) is 46.6 Å². The number of nitrogens with zero attached hydrogens (tertiary/aromatic N) is 1. The van der Waals surface area contributed by atoms with Gasteiger partial charge in [0, 0.05) is 25.2 Å². The lowest BCUT2D eigenvalue weighted by molar-refractivity contribution is 0.277. The summed E-state index contributed by atoms with van der Waals surface area (Å²) in [4.78, 5) is -0.392. The van der Waals surface area contributed by atoms with Gasteiger partial charge in [-0.25, -0.2) is 12.8 Å². The molecule has 0 amide bonds. The minimum atomic E-state index is -3.90. The van der Waals surface area contributed by atoms with Gasteiger partial charge in [0.15, 0.2) is 11.5 Å². The van der Waals surface area contributed by atoms with Gasteiger partial charge >= 0.3 is 0 Å². The van der Waals surface area contributed by atoms with Crippen LogP contribution >= 0.6 is 0 Å². The van der Waals surface area contributed by atoms with Crippen LogP contribution in [0, 0.1) is 11.7 Å². The molecule has 0 radical (unpaired) electrons. The zero-order chi connectivity index (χ0) is 16.3. The van der Waals surface area contributed by atoms with Crippen LogP contribution < -0.4 is 15.2 Å². The van der Waals surface area contributed by atoms with Gasteiger partial charge in [-0.1, -0.05) is 0 Å². The largest absolute Gasteiger partial charge is 0.493 e. The Morgan fingerprint density at radius 3 is 2.27 bits per heavy atom. The molecule has 0 aliphatic carbocycles. The Kier molecular flexibility index (Phi) is 5.25. The van der Waals surface area contributed by atoms with Gasteiger partial charge in [0.25, 0.3) is 0 Å². The Bertz CT molecular complexity index is 628. The van der Waals surface area contributed by atoms with Crippen molar-refractivity contribution in [3.8, 4) is 11.5 Å². The predicted octanol–water partition coefficient (Wildman–Crippen LogP) is 1.20. The first-order chi connectivity index (χ1) is 10.4. The fourth-order valence-electron chi connectivity index (χ4n) is 2.56. The summed E-state index contributed by atoms with van der Waals surface area (Å²) in [7, 11) is -1.16. The van der Waals surface area contributed by atoms with E-state index in [4.69, 9.17) is 15.2 Å². The van der Waals surface area contributed by atoms with Gasteiger partial charge in [-0.3, -0.25) is 0 Å². The van der Waals surface area contributed by atoms with Crippen LogP contribution in [-0.2, 0) is 10.0 Å². The standard InChI is InChI=1S/C14H21FN2O4S/c1-20-12-7-11(15)14(8-13(12)21-2)22(18,19)17-5-3-10(9-16)4-6-17/h7-8,10H,3-6,9,16H2,1-2H3. The molecule has 124 valence electrons. The monoisotopic (exact) mass is 332 g/mol. The van der Waals surface area contributed by atoms with Crippen molar-refractivity contribution in [3.63, 3.8) is 0 Å². The maximum atomic E-state index is 14.2. The molecule has 2 N–H and O–H groups in total. The molecule has 2 rings (SSSR count). The highest BCUT2D eigenvalue weighted by atomic mass is 32.2. The molecule has 1 saturated heterocycles. The number of benzene rings is 1. The molecule has 0 aromatic heterocycles. The van der Waals surface area contributed by atoms with Crippen LogP contribution in [0.5, 0.6) is 11.5 Å². The average molecular weight is 332 g/mol. The molecule has 22 heavy (non-hydrogen) atoms. The van der Waals surface area contributed by atoms with E-state index in [0.717, 1.165) is 6.07 Å². The number of sulfonamides is 1. The van der Waals surface area contributed by atoms with Crippen molar-refractivity contribution in [2.24, 2.45) is 11.7 Å². The highest BCUT2D eigenvalue weighted by molar-refractivity contribution is 7.89. The Morgan fingerprint density at radius 2 is 1.77 bits per heavy atom. The maximum absolute atomic E-state index is 14.2. The Morgan fingerprint density at radius 1 is 1.23 bits per heavy atom. The second-order valence-electron chi connectivity index (χ2n) is 5.22. The SMILES string of the molecule is COc1cc(F)c(S(=O)(=O)N2CCC(CN)CC2)cc1OC. The first-order valence-corrected chi connectivity index (χ1v) is 8.49. The van der Waals surface area contributed by atoms with Gasteiger partial charge in [-0.2, -0.15) is 4.31 Å². The van der Waals surface area contributed by atoms with Gasteiger partial charge in [0.2, 0.25) is 10.0 Å². The Hall–Kier alpha value is -1.38. The van der Waals surface area contributed by atoms with E-state index in [1.54, 1.807) is 0 Å². The average Bonchev–Trinajstić information content (AvgIpc) is 2.54. The van der Waals surface area contributed by atoms with E-state index in [-0.39, 0.29) is 11.5 Å². The number of piperidine rings is 1. The third-order valence-electron chi connectivity index (χ3n) is 3.96. The van der Waals surface area contributed by atoms with Crippen molar-refractivity contribution < 1.29 is 22.3 Å². The molecule has 1 aromatic rings. The Labute approximate surface area is 130 Å². The molecule has 6 nitrogen and oxygen atoms in total. The first-order valence-electron chi connectivity index (χ1n) is 7.05. The lowest BCUT2D eigenvalue weighted by Gasteiger charge is -2.30. The Balaban J connectivity index is 2.34. The van der Waals surface area contributed by atoms with Crippen molar-refractivity contribution in [2.45, 2.75) is 17.7 Å². The van der Waals surface area contributed by atoms with Gasteiger partial charge < -0.3 is 15.2 Å². The van der Waals surface area contributed by atoms with Crippen LogP contribution in [0.3, 0.4) is 0 Å². The van der Waals surface area contributed by atoms with Gasteiger partial charge in [-0.05, 0) is 25.3 Å². The number of ether oxygens (including phenoxy) is 2. The van der Waals surface area contributed by atoms with Gasteiger partial charge in [0.05, 0.1) is 14.2 Å². The molecular formula is C14H21FN2O4S. The molecule has 1 aliphatic heterocycles. The predicted molar refractivity (Wildman–Crippen MR) is 80.0 cm³/mol. The van der Waals surface area contributed by atoms with Crippen LogP contribution in [0.15, 0.2) is 17.0 Å². The summed E-state index contributed by atoms with van der Waals surface area (Å²) in [5.41, 5.74) is 5.60. The highest BCUT2D eigenvalue weighted by Gasteiger charge is 2.32. The number of hydrogen-bond donors (Lipinski definition) is 1. The third-order valence-corrected chi connectivity index (χ3v) is 5.88. The minimum absolute atomic E-state index is 0.154. The summed E-state index contributed by atoms with van der Waals surface area (Å²) >= 11 is 0. The summed E-state index contributed by atoms with van der Waals surface area (Å²) in [6, 6.07) is 2.19. The lowest BCUT2D eigenvalue weighted by atomic mass is 9.99. The summed E-state index contributed by atoms with van der Waals surface area (Å²) < 4.78 is 50.8. The number of nitrogens with two attached hydrogens (primary N) is 1. The highest BCUT2D eigenvalue weighted by Crippen LogP contribution is 2.34. The zero-order valence-electron chi connectivity index (χ0n) is 12.7. The van der Waals surface area contributed by atoms with Crippen molar-refractivity contribution in [1.29, 1.82) is 0 Å². The summed E-state index contributed by atoms with van der Waals surface area (Å²) in [5.74, 6) is -0.194. The molecule has 1 aromatic carbocycles. The fourth-order valence-corrected chi connectivity index (χ4v) is 4.09. The van der Waals surface area contributed by atoms with Crippen LogP contribution in [0.4, 0.5) is 4.39 Å². The van der Waals surface area contributed by atoms with E-state index in [1.165, 1.54) is 24.6 Å². The molecule has 0 bridgehead atoms. The second kappa shape index (κ2) is 6.80. The molecule has 0 unspecified atom stereocenters. The molecule has 1 aliphatic rings. The van der Waals surface area contributed by atoms with Crippen LogP contribution in [0.2, 0.25) is 0 Å². The minimum Gasteiger partial charge on any atom is -0.493 e. The van der Waals surface area contributed by atoms with E-state index < -0.39 is 20.7 Å². The van der Waals surface area contributed by atoms with Crippen molar-refractivity contribution in [3.05, 3.63) is 17.9 Å². The lowest BCUT2D eigenvalue weighted by Crippen LogP contribution is -2.40. The van der Waals surface area contributed by atoms with Crippen molar-refractivity contribution >= 4 is 10.0 Å². The maximum Gasteiger partial charge on any atom is 0.246 e. The van der Waals surface area contributed by atoms with Crippen molar-refractivity contribution in [2.75, 3.05) is 33.9 Å². The van der Waals surface area contributed by atoms with Gasteiger partial charge in [0.1, 0.15) is 10.7 Å².